The normalized spacial score (nSPS) is 28.3. The Morgan fingerprint density at radius 1 is 1.58 bits per heavy atom. The van der Waals surface area contributed by atoms with E-state index in [2.05, 4.69) is 15.9 Å². The second-order valence-corrected chi connectivity index (χ2v) is 4.34. The van der Waals surface area contributed by atoms with Crippen molar-refractivity contribution in [1.29, 1.82) is 0 Å². The van der Waals surface area contributed by atoms with Crippen LogP contribution in [0.2, 0.25) is 0 Å². The Balaban J connectivity index is 2.32. The molecule has 1 amide bonds. The maximum atomic E-state index is 11.5. The van der Waals surface area contributed by atoms with Gasteiger partial charge in [0, 0.05) is 25.1 Å². The zero-order valence-electron chi connectivity index (χ0n) is 6.88. The number of likely N-dealkylation sites (N-methyl/N-ethyl adjacent to an activating group) is 1. The van der Waals surface area contributed by atoms with Gasteiger partial charge in [-0.05, 0) is 10.9 Å². The summed E-state index contributed by atoms with van der Waals surface area (Å²) in [5.41, 5.74) is 0.973. The fourth-order valence-corrected chi connectivity index (χ4v) is 2.30. The van der Waals surface area contributed by atoms with E-state index >= 15 is 0 Å². The van der Waals surface area contributed by atoms with Crippen LogP contribution in [0.25, 0.3) is 0 Å². The second kappa shape index (κ2) is 2.73. The Kier molecular flexibility index (Phi) is 1.83. The highest BCUT2D eigenvalue weighted by Gasteiger charge is 2.33. The summed E-state index contributed by atoms with van der Waals surface area (Å²) in [6, 6.07) is 0. The molecule has 1 fully saturated rings. The van der Waals surface area contributed by atoms with Gasteiger partial charge in [-0.2, -0.15) is 0 Å². The Bertz CT molecular complexity index is 293. The van der Waals surface area contributed by atoms with Gasteiger partial charge in [-0.3, -0.25) is 4.79 Å². The van der Waals surface area contributed by atoms with Crippen LogP contribution < -0.4 is 0 Å². The predicted octanol–water partition coefficient (Wildman–Crippen LogP) is 1.68. The summed E-state index contributed by atoms with van der Waals surface area (Å²) >= 11 is 3.45. The average Bonchev–Trinajstić information content (AvgIpc) is 2.28. The SMILES string of the molecule is CN1CC2CC(Br)=CC=C2C1=O. The molecule has 1 saturated heterocycles. The highest BCUT2D eigenvalue weighted by Crippen LogP contribution is 2.33. The number of allylic oxidation sites excluding steroid dienone is 3. The molecule has 2 aliphatic rings. The molecule has 0 radical (unpaired) electrons. The van der Waals surface area contributed by atoms with Crippen LogP contribution in [0.4, 0.5) is 0 Å². The highest BCUT2D eigenvalue weighted by molar-refractivity contribution is 9.11. The average molecular weight is 228 g/mol. The maximum absolute atomic E-state index is 11.5. The van der Waals surface area contributed by atoms with Gasteiger partial charge in [0.15, 0.2) is 0 Å². The van der Waals surface area contributed by atoms with E-state index in [-0.39, 0.29) is 5.91 Å². The first-order chi connectivity index (χ1) is 5.68. The van der Waals surface area contributed by atoms with Crippen LogP contribution in [-0.4, -0.2) is 24.4 Å². The summed E-state index contributed by atoms with van der Waals surface area (Å²) in [6.45, 7) is 0.869. The highest BCUT2D eigenvalue weighted by atomic mass is 79.9. The molecule has 0 N–H and O–H groups in total. The summed E-state index contributed by atoms with van der Waals surface area (Å²) in [7, 11) is 1.86. The van der Waals surface area contributed by atoms with Crippen LogP contribution in [0.3, 0.4) is 0 Å². The first kappa shape index (κ1) is 8.05. The van der Waals surface area contributed by atoms with Gasteiger partial charge in [0.05, 0.1) is 0 Å². The summed E-state index contributed by atoms with van der Waals surface area (Å²) in [5.74, 6) is 0.609. The second-order valence-electron chi connectivity index (χ2n) is 3.32. The van der Waals surface area contributed by atoms with Crippen molar-refractivity contribution in [2.24, 2.45) is 5.92 Å². The minimum atomic E-state index is 0.191. The molecule has 2 nitrogen and oxygen atoms in total. The molecule has 1 aliphatic carbocycles. The fraction of sp³-hybridized carbons (Fsp3) is 0.444. The van der Waals surface area contributed by atoms with Crippen molar-refractivity contribution in [1.82, 2.24) is 4.90 Å². The first-order valence-electron chi connectivity index (χ1n) is 4.00. The standard InChI is InChI=1S/C9H10BrNO/c1-11-5-6-4-7(10)2-3-8(6)9(11)12/h2-3,6H,4-5H2,1H3. The third-order valence-electron chi connectivity index (χ3n) is 2.41. The van der Waals surface area contributed by atoms with E-state index in [1.807, 2.05) is 19.2 Å². The van der Waals surface area contributed by atoms with Crippen LogP contribution in [0, 0.1) is 5.92 Å². The molecule has 3 heteroatoms. The number of rotatable bonds is 0. The largest absolute Gasteiger partial charge is 0.341 e. The molecule has 0 bridgehead atoms. The van der Waals surface area contributed by atoms with Gasteiger partial charge in [0.1, 0.15) is 0 Å². The summed E-state index contributed by atoms with van der Waals surface area (Å²) in [6.07, 6.45) is 4.88. The van der Waals surface area contributed by atoms with E-state index in [4.69, 9.17) is 0 Å². The van der Waals surface area contributed by atoms with E-state index in [1.165, 1.54) is 4.48 Å². The molecule has 0 aromatic rings. The minimum Gasteiger partial charge on any atom is -0.341 e. The number of hydrogen-bond donors (Lipinski definition) is 0. The lowest BCUT2D eigenvalue weighted by Crippen LogP contribution is -2.19. The monoisotopic (exact) mass is 227 g/mol. The molecular formula is C9H10BrNO. The molecule has 1 unspecified atom stereocenters. The van der Waals surface area contributed by atoms with Crippen molar-refractivity contribution in [2.45, 2.75) is 6.42 Å². The Morgan fingerprint density at radius 3 is 3.08 bits per heavy atom. The van der Waals surface area contributed by atoms with Gasteiger partial charge in [-0.1, -0.05) is 28.1 Å². The number of amides is 1. The van der Waals surface area contributed by atoms with Crippen LogP contribution in [0.15, 0.2) is 22.2 Å². The van der Waals surface area contributed by atoms with Crippen LogP contribution in [0.1, 0.15) is 6.42 Å². The van der Waals surface area contributed by atoms with Gasteiger partial charge in [0.2, 0.25) is 5.91 Å². The molecule has 1 atom stereocenters. The fourth-order valence-electron chi connectivity index (χ4n) is 1.77. The van der Waals surface area contributed by atoms with Crippen molar-refractivity contribution >= 4 is 21.8 Å². The number of carbonyl (C=O) groups is 1. The molecule has 0 saturated carbocycles. The van der Waals surface area contributed by atoms with Crippen molar-refractivity contribution in [3.63, 3.8) is 0 Å². The molecule has 1 heterocycles. The molecular weight excluding hydrogens is 218 g/mol. The van der Waals surface area contributed by atoms with Gasteiger partial charge >= 0.3 is 0 Å². The van der Waals surface area contributed by atoms with Crippen molar-refractivity contribution < 1.29 is 4.79 Å². The minimum absolute atomic E-state index is 0.191. The summed E-state index contributed by atoms with van der Waals surface area (Å²) < 4.78 is 1.19. The van der Waals surface area contributed by atoms with Gasteiger partial charge < -0.3 is 4.90 Å². The molecule has 0 aromatic carbocycles. The van der Waals surface area contributed by atoms with Gasteiger partial charge in [0.25, 0.3) is 0 Å². The smallest absolute Gasteiger partial charge is 0.249 e. The number of nitrogens with zero attached hydrogens (tertiary/aromatic N) is 1. The van der Waals surface area contributed by atoms with Crippen LogP contribution >= 0.6 is 15.9 Å². The zero-order chi connectivity index (χ0) is 8.72. The van der Waals surface area contributed by atoms with Crippen molar-refractivity contribution in [3.8, 4) is 0 Å². The third-order valence-corrected chi connectivity index (χ3v) is 3.00. The van der Waals surface area contributed by atoms with E-state index in [9.17, 15) is 4.79 Å². The van der Waals surface area contributed by atoms with E-state index in [1.54, 1.807) is 4.90 Å². The van der Waals surface area contributed by atoms with E-state index in [0.717, 1.165) is 18.5 Å². The summed E-state index contributed by atoms with van der Waals surface area (Å²) in [5, 5.41) is 0. The number of hydrogen-bond acceptors (Lipinski definition) is 1. The molecule has 1 aliphatic heterocycles. The third kappa shape index (κ3) is 1.12. The Labute approximate surface area is 80.1 Å². The van der Waals surface area contributed by atoms with E-state index in [0.29, 0.717) is 5.92 Å². The lowest BCUT2D eigenvalue weighted by Gasteiger charge is -2.12. The topological polar surface area (TPSA) is 20.3 Å². The zero-order valence-corrected chi connectivity index (χ0v) is 8.47. The maximum Gasteiger partial charge on any atom is 0.249 e. The molecule has 2 rings (SSSR count). The lowest BCUT2D eigenvalue weighted by molar-refractivity contribution is -0.123. The van der Waals surface area contributed by atoms with Gasteiger partial charge in [-0.25, -0.2) is 0 Å². The molecule has 12 heavy (non-hydrogen) atoms. The lowest BCUT2D eigenvalue weighted by atomic mass is 9.94. The number of likely N-dealkylation sites (tertiary alicyclic amines) is 1. The van der Waals surface area contributed by atoms with Crippen molar-refractivity contribution in [2.75, 3.05) is 13.6 Å². The Morgan fingerprint density at radius 2 is 2.33 bits per heavy atom. The quantitative estimate of drug-likeness (QED) is 0.617. The number of carbonyl (C=O) groups excluding carboxylic acids is 1. The molecule has 0 aromatic heterocycles. The van der Waals surface area contributed by atoms with Gasteiger partial charge in [-0.15, -0.1) is 0 Å². The van der Waals surface area contributed by atoms with Crippen molar-refractivity contribution in [3.05, 3.63) is 22.2 Å². The van der Waals surface area contributed by atoms with Crippen LogP contribution in [-0.2, 0) is 4.79 Å². The molecule has 64 valence electrons. The molecule has 0 spiro atoms. The Hall–Kier alpha value is -0.570. The number of fused-ring (bicyclic) bond motifs is 1. The van der Waals surface area contributed by atoms with Crippen LogP contribution in [0.5, 0.6) is 0 Å². The number of halogens is 1. The first-order valence-corrected chi connectivity index (χ1v) is 4.79. The van der Waals surface area contributed by atoms with E-state index < -0.39 is 0 Å². The predicted molar refractivity (Wildman–Crippen MR) is 50.8 cm³/mol. The summed E-state index contributed by atoms with van der Waals surface area (Å²) in [4.78, 5) is 13.2.